The molecule has 1 fully saturated rings. The normalized spacial score (nSPS) is 23.5. The van der Waals surface area contributed by atoms with Crippen molar-refractivity contribution in [3.63, 3.8) is 0 Å². The van der Waals surface area contributed by atoms with Gasteiger partial charge in [0, 0.05) is 12.6 Å². The molecular formula is C13H19NO2. The molecule has 3 nitrogen and oxygen atoms in total. The van der Waals surface area contributed by atoms with E-state index in [4.69, 9.17) is 0 Å². The first-order valence-electron chi connectivity index (χ1n) is 5.89. The first-order valence-corrected chi connectivity index (χ1v) is 5.89. The van der Waals surface area contributed by atoms with E-state index in [1.165, 1.54) is 0 Å². The van der Waals surface area contributed by atoms with Gasteiger partial charge in [-0.15, -0.1) is 0 Å². The van der Waals surface area contributed by atoms with Crippen LogP contribution in [-0.4, -0.2) is 40.9 Å². The van der Waals surface area contributed by atoms with Gasteiger partial charge in [-0.25, -0.2) is 0 Å². The van der Waals surface area contributed by atoms with E-state index in [0.717, 1.165) is 24.9 Å². The second kappa shape index (κ2) is 5.43. The molecule has 0 amide bonds. The first kappa shape index (κ1) is 11.6. The fraction of sp³-hybridized carbons (Fsp3) is 0.538. The number of hydrogen-bond donors (Lipinski definition) is 2. The zero-order valence-corrected chi connectivity index (χ0v) is 9.42. The van der Waals surface area contributed by atoms with Crippen molar-refractivity contribution in [2.45, 2.75) is 25.0 Å². The van der Waals surface area contributed by atoms with Gasteiger partial charge in [0.2, 0.25) is 0 Å². The molecule has 0 radical (unpaired) electrons. The molecule has 1 aromatic rings. The van der Waals surface area contributed by atoms with Gasteiger partial charge in [-0.2, -0.15) is 0 Å². The van der Waals surface area contributed by atoms with Crippen LogP contribution in [0.1, 0.15) is 24.5 Å². The summed E-state index contributed by atoms with van der Waals surface area (Å²) in [5, 5.41) is 19.3. The summed E-state index contributed by atoms with van der Waals surface area (Å²) in [4.78, 5) is 2.18. The van der Waals surface area contributed by atoms with Crippen LogP contribution >= 0.6 is 0 Å². The van der Waals surface area contributed by atoms with Crippen molar-refractivity contribution < 1.29 is 10.2 Å². The van der Waals surface area contributed by atoms with Gasteiger partial charge in [-0.05, 0) is 24.9 Å². The van der Waals surface area contributed by atoms with Crippen LogP contribution in [0.3, 0.4) is 0 Å². The van der Waals surface area contributed by atoms with Crippen molar-refractivity contribution in [2.24, 2.45) is 0 Å². The van der Waals surface area contributed by atoms with E-state index >= 15 is 0 Å². The number of likely N-dealkylation sites (tertiary alicyclic amines) is 1. The van der Waals surface area contributed by atoms with E-state index in [9.17, 15) is 10.2 Å². The maximum Gasteiger partial charge on any atom is 0.0917 e. The highest BCUT2D eigenvalue weighted by Crippen LogP contribution is 2.21. The third kappa shape index (κ3) is 2.61. The van der Waals surface area contributed by atoms with Crippen molar-refractivity contribution >= 4 is 0 Å². The van der Waals surface area contributed by atoms with Gasteiger partial charge < -0.3 is 10.2 Å². The quantitative estimate of drug-likeness (QED) is 0.802. The lowest BCUT2D eigenvalue weighted by Crippen LogP contribution is -2.35. The summed E-state index contributed by atoms with van der Waals surface area (Å²) >= 11 is 0. The van der Waals surface area contributed by atoms with Gasteiger partial charge in [-0.3, -0.25) is 4.90 Å². The fourth-order valence-corrected chi connectivity index (χ4v) is 2.34. The summed E-state index contributed by atoms with van der Waals surface area (Å²) in [7, 11) is 0. The molecule has 0 spiro atoms. The second-order valence-corrected chi connectivity index (χ2v) is 4.40. The van der Waals surface area contributed by atoms with E-state index in [0.29, 0.717) is 6.54 Å². The molecule has 2 atom stereocenters. The van der Waals surface area contributed by atoms with Crippen molar-refractivity contribution in [2.75, 3.05) is 19.7 Å². The lowest BCUT2D eigenvalue weighted by molar-refractivity contribution is 0.0850. The minimum Gasteiger partial charge on any atom is -0.395 e. The third-order valence-corrected chi connectivity index (χ3v) is 3.30. The Kier molecular flexibility index (Phi) is 3.93. The van der Waals surface area contributed by atoms with Gasteiger partial charge >= 0.3 is 0 Å². The molecular weight excluding hydrogens is 202 g/mol. The van der Waals surface area contributed by atoms with Crippen LogP contribution in [-0.2, 0) is 0 Å². The van der Waals surface area contributed by atoms with Crippen LogP contribution in [0.15, 0.2) is 30.3 Å². The Labute approximate surface area is 96.3 Å². The van der Waals surface area contributed by atoms with Gasteiger partial charge in [0.15, 0.2) is 0 Å². The highest BCUT2D eigenvalue weighted by molar-refractivity contribution is 5.17. The molecule has 3 heteroatoms. The SMILES string of the molecule is OC[C@@H]1CCCN1CC(O)c1ccccc1. The topological polar surface area (TPSA) is 43.7 Å². The molecule has 0 bridgehead atoms. The lowest BCUT2D eigenvalue weighted by Gasteiger charge is -2.25. The van der Waals surface area contributed by atoms with Crippen molar-refractivity contribution in [1.82, 2.24) is 4.90 Å². The molecule has 2 rings (SSSR count). The summed E-state index contributed by atoms with van der Waals surface area (Å²) in [5.74, 6) is 0. The smallest absolute Gasteiger partial charge is 0.0917 e. The molecule has 1 saturated heterocycles. The molecule has 1 aliphatic heterocycles. The number of β-amino-alcohol motifs (C(OH)–C–C–N with tert-alkyl or cyclic N) is 1. The van der Waals surface area contributed by atoms with Crippen LogP contribution in [0, 0.1) is 0 Å². The molecule has 88 valence electrons. The van der Waals surface area contributed by atoms with E-state index in [1.807, 2.05) is 30.3 Å². The number of hydrogen-bond acceptors (Lipinski definition) is 3. The number of aliphatic hydroxyl groups excluding tert-OH is 2. The Morgan fingerprint density at radius 2 is 2.06 bits per heavy atom. The zero-order chi connectivity index (χ0) is 11.4. The standard InChI is InChI=1S/C13H19NO2/c15-10-12-7-4-8-14(12)9-13(16)11-5-2-1-3-6-11/h1-3,5-6,12-13,15-16H,4,7-10H2/t12-,13?/m0/s1. The number of rotatable bonds is 4. The van der Waals surface area contributed by atoms with Crippen LogP contribution in [0.25, 0.3) is 0 Å². The maximum atomic E-state index is 10.1. The summed E-state index contributed by atoms with van der Waals surface area (Å²) < 4.78 is 0. The van der Waals surface area contributed by atoms with E-state index in [1.54, 1.807) is 0 Å². The van der Waals surface area contributed by atoms with Gasteiger partial charge in [0.1, 0.15) is 0 Å². The molecule has 0 aliphatic carbocycles. The summed E-state index contributed by atoms with van der Waals surface area (Å²) in [6.45, 7) is 1.80. The van der Waals surface area contributed by atoms with Gasteiger partial charge in [-0.1, -0.05) is 30.3 Å². The molecule has 1 aliphatic rings. The van der Waals surface area contributed by atoms with Crippen LogP contribution in [0.2, 0.25) is 0 Å². The Morgan fingerprint density at radius 1 is 1.31 bits per heavy atom. The second-order valence-electron chi connectivity index (χ2n) is 4.40. The predicted octanol–water partition coefficient (Wildman–Crippen LogP) is 1.18. The van der Waals surface area contributed by atoms with Crippen molar-refractivity contribution in [3.8, 4) is 0 Å². The largest absolute Gasteiger partial charge is 0.395 e. The fourth-order valence-electron chi connectivity index (χ4n) is 2.34. The van der Waals surface area contributed by atoms with Gasteiger partial charge in [0.05, 0.1) is 12.7 Å². The zero-order valence-electron chi connectivity index (χ0n) is 9.42. The molecule has 2 N–H and O–H groups in total. The summed E-state index contributed by atoms with van der Waals surface area (Å²) in [6, 6.07) is 9.93. The number of benzene rings is 1. The average molecular weight is 221 g/mol. The highest BCUT2D eigenvalue weighted by Gasteiger charge is 2.25. The molecule has 16 heavy (non-hydrogen) atoms. The Balaban J connectivity index is 1.94. The highest BCUT2D eigenvalue weighted by atomic mass is 16.3. The lowest BCUT2D eigenvalue weighted by atomic mass is 10.1. The maximum absolute atomic E-state index is 10.1. The average Bonchev–Trinajstić information content (AvgIpc) is 2.77. The molecule has 1 unspecified atom stereocenters. The monoisotopic (exact) mass is 221 g/mol. The Morgan fingerprint density at radius 3 is 2.75 bits per heavy atom. The molecule has 0 saturated carbocycles. The predicted molar refractivity (Wildman–Crippen MR) is 63.1 cm³/mol. The minimum absolute atomic E-state index is 0.196. The van der Waals surface area contributed by atoms with Crippen molar-refractivity contribution in [1.29, 1.82) is 0 Å². The summed E-state index contributed by atoms with van der Waals surface area (Å²) in [5.41, 5.74) is 0.950. The van der Waals surface area contributed by atoms with Crippen molar-refractivity contribution in [3.05, 3.63) is 35.9 Å². The molecule has 0 aromatic heterocycles. The van der Waals surface area contributed by atoms with Crippen LogP contribution in [0.4, 0.5) is 0 Å². The summed E-state index contributed by atoms with van der Waals surface area (Å²) in [6.07, 6.45) is 1.71. The molecule has 1 heterocycles. The van der Waals surface area contributed by atoms with Crippen LogP contribution < -0.4 is 0 Å². The number of aliphatic hydroxyl groups is 2. The van der Waals surface area contributed by atoms with E-state index in [-0.39, 0.29) is 12.6 Å². The van der Waals surface area contributed by atoms with E-state index in [2.05, 4.69) is 4.90 Å². The number of nitrogens with zero attached hydrogens (tertiary/aromatic N) is 1. The first-order chi connectivity index (χ1) is 7.81. The third-order valence-electron chi connectivity index (χ3n) is 3.30. The Bertz CT molecular complexity index is 315. The minimum atomic E-state index is -0.451. The van der Waals surface area contributed by atoms with Gasteiger partial charge in [0.25, 0.3) is 0 Å². The molecule has 1 aromatic carbocycles. The van der Waals surface area contributed by atoms with E-state index < -0.39 is 6.10 Å². The Hall–Kier alpha value is -0.900. The van der Waals surface area contributed by atoms with Crippen LogP contribution in [0.5, 0.6) is 0 Å².